The topological polar surface area (TPSA) is 80.2 Å². The number of hydrogen-bond donors (Lipinski definition) is 2. The van der Waals surface area contributed by atoms with E-state index in [9.17, 15) is 9.90 Å². The van der Waals surface area contributed by atoms with Crippen molar-refractivity contribution in [3.63, 3.8) is 0 Å². The van der Waals surface area contributed by atoms with Crippen LogP contribution in [0.3, 0.4) is 0 Å². The fourth-order valence-corrected chi connectivity index (χ4v) is 3.04. The average molecular weight is 414 g/mol. The van der Waals surface area contributed by atoms with Crippen molar-refractivity contribution in [1.29, 1.82) is 0 Å². The summed E-state index contributed by atoms with van der Waals surface area (Å²) < 4.78 is 10.7. The van der Waals surface area contributed by atoms with E-state index in [1.165, 1.54) is 13.3 Å². The van der Waals surface area contributed by atoms with Crippen molar-refractivity contribution in [2.24, 2.45) is 5.10 Å². The molecule has 0 aliphatic carbocycles. The first-order chi connectivity index (χ1) is 15.1. The number of carbonyl (C=O) groups is 1. The normalized spacial score (nSPS) is 11.0. The Hall–Kier alpha value is -4.08. The molecule has 0 aliphatic rings. The van der Waals surface area contributed by atoms with Gasteiger partial charge in [-0.15, -0.1) is 6.42 Å². The van der Waals surface area contributed by atoms with Gasteiger partial charge in [-0.1, -0.05) is 66.6 Å². The lowest BCUT2D eigenvalue weighted by atomic mass is 9.85. The van der Waals surface area contributed by atoms with E-state index in [2.05, 4.69) is 16.4 Å². The van der Waals surface area contributed by atoms with Crippen LogP contribution in [0.25, 0.3) is 0 Å². The molecule has 0 fully saturated rings. The van der Waals surface area contributed by atoms with E-state index in [4.69, 9.17) is 15.9 Å². The summed E-state index contributed by atoms with van der Waals surface area (Å²) in [5.41, 5.74) is 2.07. The van der Waals surface area contributed by atoms with Crippen LogP contribution in [0.5, 0.6) is 11.5 Å². The third kappa shape index (κ3) is 4.92. The molecule has 0 aromatic heterocycles. The summed E-state index contributed by atoms with van der Waals surface area (Å²) in [6.45, 7) is 0.122. The number of ether oxygens (including phenoxy) is 2. The monoisotopic (exact) mass is 414 g/mol. The van der Waals surface area contributed by atoms with Crippen LogP contribution >= 0.6 is 0 Å². The molecule has 6 nitrogen and oxygen atoms in total. The zero-order chi connectivity index (χ0) is 22.1. The minimum atomic E-state index is -1.90. The predicted molar refractivity (Wildman–Crippen MR) is 119 cm³/mol. The van der Waals surface area contributed by atoms with Gasteiger partial charge in [0.25, 0.3) is 5.91 Å². The van der Waals surface area contributed by atoms with Crippen LogP contribution in [-0.4, -0.2) is 30.9 Å². The Balaban J connectivity index is 1.82. The maximum absolute atomic E-state index is 13.0. The van der Waals surface area contributed by atoms with E-state index in [1.54, 1.807) is 66.7 Å². The van der Waals surface area contributed by atoms with E-state index in [0.29, 0.717) is 28.2 Å². The SMILES string of the molecule is C#CCOc1ccc(/C=N\NC(=O)C(O)(c2ccccc2)c2ccccc2)cc1OC. The first kappa shape index (κ1) is 21.6. The third-order valence-corrected chi connectivity index (χ3v) is 4.59. The Labute approximate surface area is 181 Å². The molecule has 31 heavy (non-hydrogen) atoms. The molecule has 6 heteroatoms. The quantitative estimate of drug-likeness (QED) is 0.337. The highest BCUT2D eigenvalue weighted by Gasteiger charge is 2.39. The van der Waals surface area contributed by atoms with Crippen LogP contribution in [-0.2, 0) is 10.4 Å². The van der Waals surface area contributed by atoms with E-state index >= 15 is 0 Å². The van der Waals surface area contributed by atoms with Crippen molar-refractivity contribution in [3.05, 3.63) is 95.6 Å². The van der Waals surface area contributed by atoms with Gasteiger partial charge in [0, 0.05) is 0 Å². The molecule has 0 radical (unpaired) electrons. The molecule has 0 heterocycles. The van der Waals surface area contributed by atoms with Gasteiger partial charge in [-0.2, -0.15) is 5.10 Å². The Morgan fingerprint density at radius 2 is 1.68 bits per heavy atom. The second-order valence-corrected chi connectivity index (χ2v) is 6.54. The summed E-state index contributed by atoms with van der Waals surface area (Å²) in [6.07, 6.45) is 6.66. The van der Waals surface area contributed by atoms with Crippen molar-refractivity contribution in [3.8, 4) is 23.8 Å². The fourth-order valence-electron chi connectivity index (χ4n) is 3.04. The maximum atomic E-state index is 13.0. The molecule has 0 bridgehead atoms. The summed E-state index contributed by atoms with van der Waals surface area (Å²) in [5, 5.41) is 15.4. The number of hydrazone groups is 1. The number of aliphatic hydroxyl groups is 1. The number of benzene rings is 3. The lowest BCUT2D eigenvalue weighted by molar-refractivity contribution is -0.136. The van der Waals surface area contributed by atoms with Gasteiger partial charge in [0.05, 0.1) is 13.3 Å². The van der Waals surface area contributed by atoms with Crippen LogP contribution in [0.4, 0.5) is 0 Å². The average Bonchev–Trinajstić information content (AvgIpc) is 2.83. The van der Waals surface area contributed by atoms with Gasteiger partial charge in [0.15, 0.2) is 17.1 Å². The minimum Gasteiger partial charge on any atom is -0.493 e. The standard InChI is InChI=1S/C25H22N2O4/c1-3-16-31-22-15-14-19(17-23(22)30-2)18-26-27-24(28)25(29,20-10-6-4-7-11-20)21-12-8-5-9-13-21/h1,4-15,17-18,29H,16H2,2H3,(H,27,28)/b26-18-. The number of carbonyl (C=O) groups excluding carboxylic acids is 1. The van der Waals surface area contributed by atoms with Gasteiger partial charge in [-0.3, -0.25) is 4.79 Å². The first-order valence-corrected chi connectivity index (χ1v) is 9.51. The molecule has 0 saturated heterocycles. The summed E-state index contributed by atoms with van der Waals surface area (Å²) >= 11 is 0. The van der Waals surface area contributed by atoms with Gasteiger partial charge >= 0.3 is 0 Å². The number of amides is 1. The van der Waals surface area contributed by atoms with Crippen LogP contribution < -0.4 is 14.9 Å². The number of nitrogens with one attached hydrogen (secondary N) is 1. The summed E-state index contributed by atoms with van der Waals surface area (Å²) in [6, 6.07) is 22.6. The van der Waals surface area contributed by atoms with Crippen molar-refractivity contribution < 1.29 is 19.4 Å². The second-order valence-electron chi connectivity index (χ2n) is 6.54. The van der Waals surface area contributed by atoms with Crippen molar-refractivity contribution in [2.75, 3.05) is 13.7 Å². The highest BCUT2D eigenvalue weighted by atomic mass is 16.5. The van der Waals surface area contributed by atoms with E-state index in [1.807, 2.05) is 12.1 Å². The molecular formula is C25H22N2O4. The Morgan fingerprint density at radius 3 is 2.23 bits per heavy atom. The summed E-state index contributed by atoms with van der Waals surface area (Å²) in [7, 11) is 1.51. The highest BCUT2D eigenvalue weighted by Crippen LogP contribution is 2.30. The molecule has 0 saturated carbocycles. The van der Waals surface area contributed by atoms with Crippen LogP contribution in [0.15, 0.2) is 84.0 Å². The highest BCUT2D eigenvalue weighted by molar-refractivity contribution is 5.91. The Kier molecular flexibility index (Phi) is 7.05. The maximum Gasteiger partial charge on any atom is 0.281 e. The van der Waals surface area contributed by atoms with Crippen LogP contribution in [0.1, 0.15) is 16.7 Å². The minimum absolute atomic E-state index is 0.122. The van der Waals surface area contributed by atoms with Gasteiger partial charge in [0.1, 0.15) is 6.61 Å². The molecule has 0 spiro atoms. The summed E-state index contributed by atoms with van der Waals surface area (Å²) in [5.74, 6) is 2.70. The van der Waals surface area contributed by atoms with Gasteiger partial charge in [-0.25, -0.2) is 5.43 Å². The Morgan fingerprint density at radius 1 is 1.06 bits per heavy atom. The largest absolute Gasteiger partial charge is 0.493 e. The molecule has 156 valence electrons. The molecule has 3 aromatic carbocycles. The van der Waals surface area contributed by atoms with E-state index < -0.39 is 11.5 Å². The zero-order valence-corrected chi connectivity index (χ0v) is 17.0. The molecular weight excluding hydrogens is 392 g/mol. The van der Waals surface area contributed by atoms with Gasteiger partial charge in [0.2, 0.25) is 0 Å². The van der Waals surface area contributed by atoms with Crippen molar-refractivity contribution >= 4 is 12.1 Å². The molecule has 2 N–H and O–H groups in total. The number of terminal acetylenes is 1. The van der Waals surface area contributed by atoms with Gasteiger partial charge in [-0.05, 0) is 34.9 Å². The molecule has 3 rings (SSSR count). The molecule has 1 amide bonds. The number of methoxy groups -OCH3 is 1. The van der Waals surface area contributed by atoms with Crippen LogP contribution in [0, 0.1) is 12.3 Å². The van der Waals surface area contributed by atoms with Gasteiger partial charge < -0.3 is 14.6 Å². The van der Waals surface area contributed by atoms with Crippen LogP contribution in [0.2, 0.25) is 0 Å². The van der Waals surface area contributed by atoms with Crippen molar-refractivity contribution in [2.45, 2.75) is 5.60 Å². The summed E-state index contributed by atoms with van der Waals surface area (Å²) in [4.78, 5) is 13.0. The molecule has 0 atom stereocenters. The molecule has 3 aromatic rings. The first-order valence-electron chi connectivity index (χ1n) is 9.51. The lowest BCUT2D eigenvalue weighted by Gasteiger charge is -2.27. The zero-order valence-electron chi connectivity index (χ0n) is 17.0. The Bertz CT molecular complexity index is 1050. The number of nitrogens with zero attached hydrogens (tertiary/aromatic N) is 1. The molecule has 0 aliphatic heterocycles. The number of rotatable bonds is 8. The van der Waals surface area contributed by atoms with E-state index in [0.717, 1.165) is 0 Å². The van der Waals surface area contributed by atoms with E-state index in [-0.39, 0.29) is 6.61 Å². The number of hydrogen-bond acceptors (Lipinski definition) is 5. The molecule has 0 unspecified atom stereocenters. The predicted octanol–water partition coefficient (Wildman–Crippen LogP) is 3.09. The fraction of sp³-hybridized carbons (Fsp3) is 0.120. The third-order valence-electron chi connectivity index (χ3n) is 4.59. The second kappa shape index (κ2) is 10.1. The smallest absolute Gasteiger partial charge is 0.281 e. The van der Waals surface area contributed by atoms with Crippen molar-refractivity contribution in [1.82, 2.24) is 5.43 Å². The lowest BCUT2D eigenvalue weighted by Crippen LogP contribution is -2.43.